The molecule has 27 heavy (non-hydrogen) atoms. The molecule has 0 aromatic rings. The van der Waals surface area contributed by atoms with Crippen molar-refractivity contribution >= 4 is 34.2 Å². The second kappa shape index (κ2) is 12.3. The molecule has 0 aliphatic heterocycles. The third kappa shape index (κ3) is 9.76. The molecule has 0 saturated heterocycles. The molecular weight excluding hydrogens is 417 g/mol. The summed E-state index contributed by atoms with van der Waals surface area (Å²) in [4.78, 5) is 0. The van der Waals surface area contributed by atoms with Crippen LogP contribution in [0.25, 0.3) is 0 Å². The smallest absolute Gasteiger partial charge is 0.455 e. The molecule has 0 spiro atoms. The number of hydrogen-bond donors (Lipinski definition) is 0. The summed E-state index contributed by atoms with van der Waals surface area (Å²) >= 11 is 0. The van der Waals surface area contributed by atoms with Gasteiger partial charge in [0.2, 0.25) is 0 Å². The van der Waals surface area contributed by atoms with Crippen molar-refractivity contribution in [3.63, 3.8) is 0 Å². The van der Waals surface area contributed by atoms with Crippen molar-refractivity contribution in [1.29, 1.82) is 0 Å². The zero-order chi connectivity index (χ0) is 21.2. The Hall–Kier alpha value is 0.588. The van der Waals surface area contributed by atoms with Gasteiger partial charge in [0.15, 0.2) is 16.6 Å². The highest BCUT2D eigenvalue weighted by Gasteiger charge is 2.40. The summed E-state index contributed by atoms with van der Waals surface area (Å²) < 4.78 is 39.8. The third-order valence-corrected chi connectivity index (χ3v) is 18.1. The van der Waals surface area contributed by atoms with Crippen molar-refractivity contribution in [3.8, 4) is 0 Å². The van der Waals surface area contributed by atoms with Crippen molar-refractivity contribution in [2.45, 2.75) is 63.2 Å². The first-order chi connectivity index (χ1) is 12.5. The van der Waals surface area contributed by atoms with Crippen molar-refractivity contribution in [1.82, 2.24) is 0 Å². The molecule has 164 valence electrons. The summed E-state index contributed by atoms with van der Waals surface area (Å²) in [6.45, 7) is 9.21. The van der Waals surface area contributed by atoms with Crippen molar-refractivity contribution in [3.05, 3.63) is 0 Å². The highest BCUT2D eigenvalue weighted by atomic mass is 28.4. The maximum Gasteiger partial charge on any atom is 0.500 e. The maximum absolute atomic E-state index is 6.72. The van der Waals surface area contributed by atoms with Crippen LogP contribution in [0.15, 0.2) is 0 Å². The Bertz CT molecular complexity index is 350. The molecule has 0 unspecified atom stereocenters. The normalized spacial score (nSPS) is 14.0. The minimum atomic E-state index is -2.49. The standard InChI is InChI=1S/C16H42O7Si4/c1-17-26(18-2,19-3)15-11-13-24(7,8)23-25(9,10)14-12-16-27(20-4,21-5)22-6/h11-16H2,1-10H3. The van der Waals surface area contributed by atoms with Crippen LogP contribution in [-0.2, 0) is 30.7 Å². The van der Waals surface area contributed by atoms with Gasteiger partial charge in [0.05, 0.1) is 0 Å². The molecule has 0 rings (SSSR count). The lowest BCUT2D eigenvalue weighted by molar-refractivity contribution is 0.123. The van der Waals surface area contributed by atoms with Crippen molar-refractivity contribution in [2.75, 3.05) is 42.7 Å². The fourth-order valence-electron chi connectivity index (χ4n) is 3.42. The van der Waals surface area contributed by atoms with Crippen LogP contribution in [0.1, 0.15) is 12.8 Å². The minimum Gasteiger partial charge on any atom is -0.455 e. The number of rotatable bonds is 16. The van der Waals surface area contributed by atoms with Gasteiger partial charge < -0.3 is 30.7 Å². The summed E-state index contributed by atoms with van der Waals surface area (Å²) in [6.07, 6.45) is 2.00. The van der Waals surface area contributed by atoms with E-state index in [0.29, 0.717) is 0 Å². The topological polar surface area (TPSA) is 64.6 Å². The van der Waals surface area contributed by atoms with E-state index in [-0.39, 0.29) is 0 Å². The second-order valence-electron chi connectivity index (χ2n) is 7.92. The molecule has 0 N–H and O–H groups in total. The zero-order valence-corrected chi connectivity index (χ0v) is 23.1. The SMILES string of the molecule is CO[Si](CCC[Si](C)(C)O[Si](C)(C)CCC[Si](OC)(OC)OC)(OC)OC. The first-order valence-electron chi connectivity index (χ1n) is 9.50. The lowest BCUT2D eigenvalue weighted by atomic mass is 10.6. The molecule has 0 bridgehead atoms. The zero-order valence-electron chi connectivity index (χ0n) is 19.1. The molecule has 0 aliphatic rings. The monoisotopic (exact) mass is 458 g/mol. The van der Waals surface area contributed by atoms with Crippen LogP contribution < -0.4 is 0 Å². The summed E-state index contributed by atoms with van der Waals surface area (Å²) in [5.74, 6) is 0. The minimum absolute atomic E-state index is 0.821. The van der Waals surface area contributed by atoms with Crippen LogP contribution in [0.5, 0.6) is 0 Å². The van der Waals surface area contributed by atoms with E-state index < -0.39 is 34.2 Å². The maximum atomic E-state index is 6.72. The molecule has 0 heterocycles. The van der Waals surface area contributed by atoms with Crippen LogP contribution in [0, 0.1) is 0 Å². The molecule has 7 nitrogen and oxygen atoms in total. The lowest BCUT2D eigenvalue weighted by Gasteiger charge is -2.35. The first-order valence-corrected chi connectivity index (χ1v) is 19.6. The highest BCUT2D eigenvalue weighted by molar-refractivity contribution is 6.85. The van der Waals surface area contributed by atoms with Gasteiger partial charge in [-0.05, 0) is 51.1 Å². The first kappa shape index (κ1) is 27.6. The third-order valence-electron chi connectivity index (χ3n) is 4.94. The Morgan fingerprint density at radius 1 is 0.444 bits per heavy atom. The Kier molecular flexibility index (Phi) is 12.6. The van der Waals surface area contributed by atoms with E-state index >= 15 is 0 Å². The molecule has 0 aromatic carbocycles. The fourth-order valence-corrected chi connectivity index (χ4v) is 16.4. The van der Waals surface area contributed by atoms with Gasteiger partial charge in [0.25, 0.3) is 0 Å². The summed E-state index contributed by atoms with van der Waals surface area (Å²) in [6, 6.07) is 3.78. The predicted octanol–water partition coefficient (Wildman–Crippen LogP) is 3.95. The predicted molar refractivity (Wildman–Crippen MR) is 118 cm³/mol. The summed E-state index contributed by atoms with van der Waals surface area (Å²) in [5, 5.41) is 0. The van der Waals surface area contributed by atoms with Gasteiger partial charge in [-0.15, -0.1) is 0 Å². The summed E-state index contributed by atoms with van der Waals surface area (Å²) in [5.41, 5.74) is 0. The van der Waals surface area contributed by atoms with E-state index in [1.807, 2.05) is 0 Å². The highest BCUT2D eigenvalue weighted by Crippen LogP contribution is 2.28. The van der Waals surface area contributed by atoms with Gasteiger partial charge in [0.1, 0.15) is 0 Å². The van der Waals surface area contributed by atoms with E-state index in [1.165, 1.54) is 0 Å². The van der Waals surface area contributed by atoms with E-state index in [1.54, 1.807) is 42.7 Å². The van der Waals surface area contributed by atoms with Gasteiger partial charge in [-0.1, -0.05) is 0 Å². The van der Waals surface area contributed by atoms with E-state index in [0.717, 1.165) is 37.0 Å². The van der Waals surface area contributed by atoms with Gasteiger partial charge >= 0.3 is 17.6 Å². The van der Waals surface area contributed by atoms with Gasteiger partial charge in [-0.25, -0.2) is 0 Å². The Labute approximate surface area is 171 Å². The Morgan fingerprint density at radius 3 is 0.926 bits per heavy atom. The molecule has 0 saturated carbocycles. The quantitative estimate of drug-likeness (QED) is 0.324. The summed E-state index contributed by atoms with van der Waals surface area (Å²) in [7, 11) is 1.48. The average molecular weight is 459 g/mol. The van der Waals surface area contributed by atoms with Crippen LogP contribution in [0.2, 0.25) is 50.4 Å². The molecule has 0 atom stereocenters. The molecule has 0 fully saturated rings. The van der Waals surface area contributed by atoms with Crippen LogP contribution >= 0.6 is 0 Å². The second-order valence-corrected chi connectivity index (χ2v) is 23.0. The van der Waals surface area contributed by atoms with Crippen LogP contribution in [-0.4, -0.2) is 76.9 Å². The molecule has 11 heteroatoms. The largest absolute Gasteiger partial charge is 0.500 e. The fraction of sp³-hybridized carbons (Fsp3) is 1.00. The Balaban J connectivity index is 4.55. The molecule has 0 amide bonds. The lowest BCUT2D eigenvalue weighted by Crippen LogP contribution is -2.46. The van der Waals surface area contributed by atoms with Gasteiger partial charge in [0, 0.05) is 54.7 Å². The van der Waals surface area contributed by atoms with Crippen molar-refractivity contribution in [2.24, 2.45) is 0 Å². The van der Waals surface area contributed by atoms with E-state index in [4.69, 9.17) is 30.7 Å². The van der Waals surface area contributed by atoms with Crippen LogP contribution in [0.3, 0.4) is 0 Å². The molecule has 0 aliphatic carbocycles. The molecule has 0 radical (unpaired) electrons. The van der Waals surface area contributed by atoms with Crippen molar-refractivity contribution < 1.29 is 30.7 Å². The average Bonchev–Trinajstić information content (AvgIpc) is 2.62. The molecule has 0 aromatic heterocycles. The van der Waals surface area contributed by atoms with Gasteiger partial charge in [-0.2, -0.15) is 0 Å². The Morgan fingerprint density at radius 2 is 0.704 bits per heavy atom. The van der Waals surface area contributed by atoms with Gasteiger partial charge in [-0.3, -0.25) is 0 Å². The van der Waals surface area contributed by atoms with Crippen LogP contribution in [0.4, 0.5) is 0 Å². The molecular formula is C16H42O7Si4. The van der Waals surface area contributed by atoms with E-state index in [9.17, 15) is 0 Å². The number of hydrogen-bond acceptors (Lipinski definition) is 7. The van der Waals surface area contributed by atoms with E-state index in [2.05, 4.69) is 26.2 Å².